The van der Waals surface area contributed by atoms with Gasteiger partial charge in [-0.1, -0.05) is 0 Å². The Bertz CT molecular complexity index is 575. The fourth-order valence-corrected chi connectivity index (χ4v) is 1.42. The van der Waals surface area contributed by atoms with E-state index >= 15 is 0 Å². The van der Waals surface area contributed by atoms with Gasteiger partial charge < -0.3 is 4.74 Å². The van der Waals surface area contributed by atoms with Crippen molar-refractivity contribution in [3.05, 3.63) is 17.2 Å². The molecule has 0 amide bonds. The summed E-state index contributed by atoms with van der Waals surface area (Å²) in [4.78, 5) is 15.8. The minimum absolute atomic E-state index is 0.163. The summed E-state index contributed by atoms with van der Waals surface area (Å²) in [6, 6.07) is 0. The molecule has 2 rings (SSSR count). The summed E-state index contributed by atoms with van der Waals surface area (Å²) < 4.78 is 6.56. The van der Waals surface area contributed by atoms with Gasteiger partial charge >= 0.3 is 5.97 Å². The summed E-state index contributed by atoms with van der Waals surface area (Å²) >= 11 is 0. The van der Waals surface area contributed by atoms with Crippen molar-refractivity contribution in [2.45, 2.75) is 33.8 Å². The van der Waals surface area contributed by atoms with E-state index in [2.05, 4.69) is 20.3 Å². The van der Waals surface area contributed by atoms with Crippen LogP contribution in [0.4, 0.5) is 0 Å². The van der Waals surface area contributed by atoms with Gasteiger partial charge in [-0.3, -0.25) is 0 Å². The molecular formula is C10H13N5O2. The molecular weight excluding hydrogens is 222 g/mol. The Labute approximate surface area is 97.8 Å². The number of aromatic nitrogens is 5. The lowest BCUT2D eigenvalue weighted by Gasteiger charge is -2.08. The summed E-state index contributed by atoms with van der Waals surface area (Å²) in [6.45, 7) is 7.03. The Morgan fingerprint density at radius 1 is 1.29 bits per heavy atom. The van der Waals surface area contributed by atoms with Crippen molar-refractivity contribution >= 4 is 11.7 Å². The highest BCUT2D eigenvalue weighted by atomic mass is 16.5. The first-order chi connectivity index (χ1) is 7.99. The predicted molar refractivity (Wildman–Crippen MR) is 58.6 cm³/mol. The van der Waals surface area contributed by atoms with Crippen molar-refractivity contribution in [2.24, 2.45) is 0 Å². The molecule has 2 aromatic heterocycles. The van der Waals surface area contributed by atoms with Gasteiger partial charge in [0.2, 0.25) is 0 Å². The average molecular weight is 235 g/mol. The largest absolute Gasteiger partial charge is 0.458 e. The maximum absolute atomic E-state index is 11.7. The zero-order valence-electron chi connectivity index (χ0n) is 10.1. The van der Waals surface area contributed by atoms with Crippen LogP contribution in [0.25, 0.3) is 5.78 Å². The zero-order valence-corrected chi connectivity index (χ0v) is 10.1. The number of hydrogen-bond acceptors (Lipinski definition) is 6. The van der Waals surface area contributed by atoms with E-state index in [4.69, 9.17) is 4.74 Å². The van der Waals surface area contributed by atoms with E-state index in [0.29, 0.717) is 17.3 Å². The molecule has 0 aromatic carbocycles. The Morgan fingerprint density at radius 2 is 2.00 bits per heavy atom. The SMILES string of the molecule is Cc1nc2nnc(C(=O)OC(C)C)c(C)n2n1. The average Bonchev–Trinajstić information content (AvgIpc) is 2.58. The van der Waals surface area contributed by atoms with Crippen LogP contribution in [-0.4, -0.2) is 36.9 Å². The maximum Gasteiger partial charge on any atom is 0.361 e. The Balaban J connectivity index is 2.48. The van der Waals surface area contributed by atoms with E-state index in [1.165, 1.54) is 4.52 Å². The molecule has 0 aliphatic rings. The van der Waals surface area contributed by atoms with Gasteiger partial charge in [-0.15, -0.1) is 15.3 Å². The first kappa shape index (κ1) is 11.4. The van der Waals surface area contributed by atoms with E-state index in [0.717, 1.165) is 0 Å². The normalized spacial score (nSPS) is 11.1. The number of rotatable bonds is 2. The Hall–Kier alpha value is -2.05. The van der Waals surface area contributed by atoms with E-state index in [1.54, 1.807) is 27.7 Å². The second-order valence-electron chi connectivity index (χ2n) is 3.96. The second kappa shape index (κ2) is 4.08. The minimum Gasteiger partial charge on any atom is -0.458 e. The third kappa shape index (κ3) is 2.08. The number of fused-ring (bicyclic) bond motifs is 1. The van der Waals surface area contributed by atoms with Gasteiger partial charge in [0, 0.05) is 0 Å². The molecule has 0 aliphatic heterocycles. The standard InChI is InChI=1S/C10H13N5O2/c1-5(2)17-9(16)8-6(3)15-10(13-12-8)11-7(4)14-15/h5H,1-4H3. The number of nitrogens with zero attached hydrogens (tertiary/aromatic N) is 5. The fraction of sp³-hybridized carbons (Fsp3) is 0.500. The van der Waals surface area contributed by atoms with Crippen LogP contribution < -0.4 is 0 Å². The van der Waals surface area contributed by atoms with E-state index in [1.807, 2.05) is 0 Å². The summed E-state index contributed by atoms with van der Waals surface area (Å²) in [5.41, 5.74) is 0.734. The molecule has 0 unspecified atom stereocenters. The first-order valence-electron chi connectivity index (χ1n) is 5.26. The van der Waals surface area contributed by atoms with Crippen molar-refractivity contribution in [2.75, 3.05) is 0 Å². The molecule has 90 valence electrons. The van der Waals surface area contributed by atoms with Gasteiger partial charge in [-0.05, 0) is 27.7 Å². The lowest BCUT2D eigenvalue weighted by Crippen LogP contribution is -2.17. The van der Waals surface area contributed by atoms with Crippen LogP contribution in [0.15, 0.2) is 0 Å². The van der Waals surface area contributed by atoms with Gasteiger partial charge in [0.1, 0.15) is 5.82 Å². The molecule has 2 aromatic rings. The summed E-state index contributed by atoms with van der Waals surface area (Å²) in [5, 5.41) is 11.8. The monoisotopic (exact) mass is 235 g/mol. The number of esters is 1. The zero-order chi connectivity index (χ0) is 12.6. The van der Waals surface area contributed by atoms with Crippen LogP contribution in [0.3, 0.4) is 0 Å². The molecule has 0 fully saturated rings. The van der Waals surface area contributed by atoms with E-state index in [9.17, 15) is 4.79 Å². The van der Waals surface area contributed by atoms with Crippen LogP contribution in [0, 0.1) is 13.8 Å². The molecule has 0 saturated heterocycles. The van der Waals surface area contributed by atoms with Crippen LogP contribution in [0.5, 0.6) is 0 Å². The molecule has 0 aliphatic carbocycles. The number of carbonyl (C=O) groups is 1. The van der Waals surface area contributed by atoms with Crippen molar-refractivity contribution in [3.8, 4) is 0 Å². The molecule has 7 nitrogen and oxygen atoms in total. The Kier molecular flexibility index (Phi) is 2.74. The molecule has 0 N–H and O–H groups in total. The third-order valence-corrected chi connectivity index (χ3v) is 2.13. The quantitative estimate of drug-likeness (QED) is 0.712. The molecule has 0 bridgehead atoms. The van der Waals surface area contributed by atoms with Crippen molar-refractivity contribution in [3.63, 3.8) is 0 Å². The van der Waals surface area contributed by atoms with Gasteiger partial charge in [-0.2, -0.15) is 9.50 Å². The number of hydrogen-bond donors (Lipinski definition) is 0. The summed E-state index contributed by atoms with van der Waals surface area (Å²) in [6.07, 6.45) is -0.197. The van der Waals surface area contributed by atoms with Crippen molar-refractivity contribution < 1.29 is 9.53 Å². The summed E-state index contributed by atoms with van der Waals surface area (Å²) in [5.74, 6) is 0.456. The highest BCUT2D eigenvalue weighted by Crippen LogP contribution is 2.08. The maximum atomic E-state index is 11.7. The number of carbonyl (C=O) groups excluding carboxylic acids is 1. The molecule has 0 radical (unpaired) electrons. The predicted octanol–water partition coefficient (Wildman–Crippen LogP) is 0.701. The number of aryl methyl sites for hydroxylation is 2. The van der Waals surface area contributed by atoms with Crippen LogP contribution in [0.1, 0.15) is 35.9 Å². The first-order valence-corrected chi connectivity index (χ1v) is 5.26. The molecule has 7 heteroatoms. The summed E-state index contributed by atoms with van der Waals surface area (Å²) in [7, 11) is 0. The molecule has 0 atom stereocenters. The fourth-order valence-electron chi connectivity index (χ4n) is 1.42. The lowest BCUT2D eigenvalue weighted by atomic mass is 10.3. The van der Waals surface area contributed by atoms with Gasteiger partial charge in [0.25, 0.3) is 5.78 Å². The van der Waals surface area contributed by atoms with E-state index < -0.39 is 5.97 Å². The van der Waals surface area contributed by atoms with Gasteiger partial charge in [0.05, 0.1) is 11.8 Å². The highest BCUT2D eigenvalue weighted by molar-refractivity contribution is 5.88. The van der Waals surface area contributed by atoms with E-state index in [-0.39, 0.29) is 11.8 Å². The van der Waals surface area contributed by atoms with Crippen LogP contribution in [0.2, 0.25) is 0 Å². The highest BCUT2D eigenvalue weighted by Gasteiger charge is 2.18. The number of ether oxygens (including phenoxy) is 1. The molecule has 2 heterocycles. The minimum atomic E-state index is -0.500. The van der Waals surface area contributed by atoms with Gasteiger partial charge in [0.15, 0.2) is 5.69 Å². The second-order valence-corrected chi connectivity index (χ2v) is 3.96. The lowest BCUT2D eigenvalue weighted by molar-refractivity contribution is 0.0367. The molecule has 0 saturated carbocycles. The topological polar surface area (TPSA) is 82.3 Å². The molecule has 0 spiro atoms. The van der Waals surface area contributed by atoms with Gasteiger partial charge in [-0.25, -0.2) is 4.79 Å². The van der Waals surface area contributed by atoms with Crippen LogP contribution in [-0.2, 0) is 4.74 Å². The Morgan fingerprint density at radius 3 is 2.65 bits per heavy atom. The smallest absolute Gasteiger partial charge is 0.361 e. The van der Waals surface area contributed by atoms with Crippen LogP contribution >= 0.6 is 0 Å². The van der Waals surface area contributed by atoms with Crippen molar-refractivity contribution in [1.82, 2.24) is 24.8 Å². The van der Waals surface area contributed by atoms with Crippen molar-refractivity contribution in [1.29, 1.82) is 0 Å². The third-order valence-electron chi connectivity index (χ3n) is 2.13. The molecule has 17 heavy (non-hydrogen) atoms.